The maximum Gasteiger partial charge on any atom is 0.409 e. The van der Waals surface area contributed by atoms with E-state index in [2.05, 4.69) is 0 Å². The highest BCUT2D eigenvalue weighted by atomic mass is 16.6. The van der Waals surface area contributed by atoms with Crippen LogP contribution in [0.5, 0.6) is 0 Å². The van der Waals surface area contributed by atoms with Crippen LogP contribution in [0.25, 0.3) is 0 Å². The fraction of sp³-hybridized carbons (Fsp3) is 0.476. The largest absolute Gasteiger partial charge is 0.450 e. The van der Waals surface area contributed by atoms with Crippen molar-refractivity contribution in [1.82, 2.24) is 14.7 Å². The molecule has 1 aromatic carbocycles. The first kappa shape index (κ1) is 21.3. The van der Waals surface area contributed by atoms with Crippen LogP contribution in [0.4, 0.5) is 4.79 Å². The number of rotatable bonds is 6. The summed E-state index contributed by atoms with van der Waals surface area (Å²) >= 11 is 0. The topological polar surface area (TPSA) is 76.9 Å². The van der Waals surface area contributed by atoms with E-state index in [0.29, 0.717) is 39.3 Å². The Morgan fingerprint density at radius 3 is 2.39 bits per heavy atom. The van der Waals surface area contributed by atoms with Crippen LogP contribution in [0.3, 0.4) is 0 Å². The van der Waals surface area contributed by atoms with Crippen LogP contribution in [-0.2, 0) is 16.1 Å². The fourth-order valence-electron chi connectivity index (χ4n) is 2.99. The second-order valence-electron chi connectivity index (χ2n) is 6.89. The number of hydrogen-bond acceptors (Lipinski definition) is 5. The summed E-state index contributed by atoms with van der Waals surface area (Å²) in [6, 6.07) is 11.7. The van der Waals surface area contributed by atoms with Crippen molar-refractivity contribution in [3.05, 3.63) is 47.7 Å². The van der Waals surface area contributed by atoms with Crippen molar-refractivity contribution < 1.29 is 14.3 Å². The lowest BCUT2D eigenvalue weighted by molar-refractivity contribution is -0.129. The van der Waals surface area contributed by atoms with Crippen molar-refractivity contribution in [2.75, 3.05) is 32.8 Å². The van der Waals surface area contributed by atoms with Crippen molar-refractivity contribution in [3.63, 3.8) is 0 Å². The van der Waals surface area contributed by atoms with Gasteiger partial charge in [0.05, 0.1) is 6.61 Å². The Kier molecular flexibility index (Phi) is 7.88. The van der Waals surface area contributed by atoms with Gasteiger partial charge in [0.25, 0.3) is 5.91 Å². The molecule has 0 saturated carbocycles. The highest BCUT2D eigenvalue weighted by Crippen LogP contribution is 2.14. The average Bonchev–Trinajstić information content (AvgIpc) is 2.71. The molecule has 7 nitrogen and oxygen atoms in total. The minimum Gasteiger partial charge on any atom is -0.450 e. The van der Waals surface area contributed by atoms with Crippen LogP contribution >= 0.6 is 0 Å². The molecule has 0 aliphatic carbocycles. The number of hydrogen-bond donors (Lipinski definition) is 0. The number of nitrogens with zero attached hydrogens (tertiary/aromatic N) is 4. The summed E-state index contributed by atoms with van der Waals surface area (Å²) in [5, 5.41) is 9.56. The lowest BCUT2D eigenvalue weighted by Crippen LogP contribution is -2.47. The van der Waals surface area contributed by atoms with Crippen molar-refractivity contribution in [1.29, 1.82) is 5.26 Å². The standard InChI is InChI=1S/C21H28N4O3/c1-4-28-21(27)24-12-10-23(11-13-24)16-19(14-22)20(26)25(17(2)3)15-18-8-6-5-7-9-18/h5-9,16-17H,4,10-13,15H2,1-3H3/b19-16-. The molecule has 1 aromatic rings. The molecule has 1 heterocycles. The first-order valence-corrected chi connectivity index (χ1v) is 9.58. The van der Waals surface area contributed by atoms with Crippen LogP contribution in [0, 0.1) is 11.3 Å². The molecule has 0 N–H and O–H groups in total. The molecule has 0 bridgehead atoms. The van der Waals surface area contributed by atoms with Crippen molar-refractivity contribution >= 4 is 12.0 Å². The monoisotopic (exact) mass is 384 g/mol. The summed E-state index contributed by atoms with van der Waals surface area (Å²) in [5.74, 6) is -0.283. The Labute approximate surface area is 166 Å². The minimum atomic E-state index is -0.323. The van der Waals surface area contributed by atoms with Crippen LogP contribution in [0.15, 0.2) is 42.1 Å². The number of carbonyl (C=O) groups is 2. The average molecular weight is 384 g/mol. The molecule has 1 aliphatic rings. The van der Waals surface area contributed by atoms with Gasteiger partial charge in [-0.25, -0.2) is 4.79 Å². The van der Waals surface area contributed by atoms with Gasteiger partial charge in [0.2, 0.25) is 0 Å². The van der Waals surface area contributed by atoms with E-state index in [1.54, 1.807) is 22.9 Å². The molecule has 2 rings (SSSR count). The van der Waals surface area contributed by atoms with E-state index in [0.717, 1.165) is 5.56 Å². The molecule has 1 saturated heterocycles. The maximum atomic E-state index is 13.0. The number of amides is 2. The van der Waals surface area contributed by atoms with E-state index in [9.17, 15) is 14.9 Å². The van der Waals surface area contributed by atoms with Crippen LogP contribution in [0.1, 0.15) is 26.3 Å². The second kappa shape index (κ2) is 10.4. The maximum absolute atomic E-state index is 13.0. The zero-order valence-electron chi connectivity index (χ0n) is 16.8. The molecule has 0 radical (unpaired) electrons. The highest BCUT2D eigenvalue weighted by Gasteiger charge is 2.24. The summed E-state index contributed by atoms with van der Waals surface area (Å²) in [5.41, 5.74) is 1.12. The third-order valence-electron chi connectivity index (χ3n) is 4.58. The molecule has 0 spiro atoms. The molecule has 0 aromatic heterocycles. The molecule has 150 valence electrons. The van der Waals surface area contributed by atoms with Crippen molar-refractivity contribution in [3.8, 4) is 6.07 Å². The Morgan fingerprint density at radius 1 is 1.21 bits per heavy atom. The van der Waals surface area contributed by atoms with E-state index in [-0.39, 0.29) is 23.6 Å². The van der Waals surface area contributed by atoms with Crippen molar-refractivity contribution in [2.45, 2.75) is 33.4 Å². The van der Waals surface area contributed by atoms with Gasteiger partial charge in [-0.3, -0.25) is 4.79 Å². The molecule has 1 fully saturated rings. The Bertz CT molecular complexity index is 732. The third-order valence-corrected chi connectivity index (χ3v) is 4.58. The van der Waals surface area contributed by atoms with E-state index >= 15 is 0 Å². The van der Waals surface area contributed by atoms with Gasteiger partial charge in [-0.1, -0.05) is 30.3 Å². The summed E-state index contributed by atoms with van der Waals surface area (Å²) in [4.78, 5) is 30.0. The zero-order chi connectivity index (χ0) is 20.5. The van der Waals surface area contributed by atoms with Gasteiger partial charge in [0.1, 0.15) is 11.6 Å². The van der Waals surface area contributed by atoms with Gasteiger partial charge >= 0.3 is 6.09 Å². The predicted molar refractivity (Wildman–Crippen MR) is 106 cm³/mol. The van der Waals surface area contributed by atoms with Crippen LogP contribution in [-0.4, -0.2) is 65.5 Å². The van der Waals surface area contributed by atoms with E-state index < -0.39 is 0 Å². The molecule has 0 atom stereocenters. The van der Waals surface area contributed by atoms with Gasteiger partial charge in [-0.05, 0) is 26.3 Å². The van der Waals surface area contributed by atoms with Crippen LogP contribution < -0.4 is 0 Å². The normalized spacial score (nSPS) is 14.6. The van der Waals surface area contributed by atoms with Gasteiger partial charge in [-0.15, -0.1) is 0 Å². The first-order chi connectivity index (χ1) is 13.5. The Hall–Kier alpha value is -3.01. The van der Waals surface area contributed by atoms with Gasteiger partial charge in [0, 0.05) is 45.0 Å². The quantitative estimate of drug-likeness (QED) is 0.557. The fourth-order valence-corrected chi connectivity index (χ4v) is 2.99. The minimum absolute atomic E-state index is 0.0369. The third kappa shape index (κ3) is 5.74. The molecule has 0 unspecified atom stereocenters. The van der Waals surface area contributed by atoms with Crippen LogP contribution in [0.2, 0.25) is 0 Å². The SMILES string of the molecule is CCOC(=O)N1CCN(/C=C(/C#N)C(=O)N(Cc2ccccc2)C(C)C)CC1. The molecule has 1 aliphatic heterocycles. The smallest absolute Gasteiger partial charge is 0.409 e. The Morgan fingerprint density at radius 2 is 1.86 bits per heavy atom. The lowest BCUT2D eigenvalue weighted by atomic mass is 10.1. The van der Waals surface area contributed by atoms with E-state index in [1.165, 1.54) is 0 Å². The number of ether oxygens (including phenoxy) is 1. The van der Waals surface area contributed by atoms with Gasteiger partial charge in [0.15, 0.2) is 0 Å². The number of carbonyl (C=O) groups excluding carboxylic acids is 2. The van der Waals surface area contributed by atoms with Crippen molar-refractivity contribution in [2.24, 2.45) is 0 Å². The highest BCUT2D eigenvalue weighted by molar-refractivity contribution is 5.97. The summed E-state index contributed by atoms with van der Waals surface area (Å²) < 4.78 is 5.01. The molecular weight excluding hydrogens is 356 g/mol. The molecule has 28 heavy (non-hydrogen) atoms. The number of benzene rings is 1. The molecule has 7 heteroatoms. The first-order valence-electron chi connectivity index (χ1n) is 9.58. The van der Waals surface area contributed by atoms with Gasteiger partial charge < -0.3 is 19.4 Å². The summed E-state index contributed by atoms with van der Waals surface area (Å²) in [7, 11) is 0. The molecular formula is C21H28N4O3. The lowest BCUT2D eigenvalue weighted by Gasteiger charge is -2.34. The van der Waals surface area contributed by atoms with E-state index in [1.807, 2.05) is 55.1 Å². The summed E-state index contributed by atoms with van der Waals surface area (Å²) in [6.07, 6.45) is 1.29. The molecule has 2 amide bonds. The number of nitriles is 1. The van der Waals surface area contributed by atoms with E-state index in [4.69, 9.17) is 4.74 Å². The zero-order valence-corrected chi connectivity index (χ0v) is 16.8. The predicted octanol–water partition coefficient (Wildman–Crippen LogP) is 2.61. The summed E-state index contributed by atoms with van der Waals surface area (Å²) in [6.45, 7) is 8.56. The number of piperazine rings is 1. The second-order valence-corrected chi connectivity index (χ2v) is 6.89. The van der Waals surface area contributed by atoms with Gasteiger partial charge in [-0.2, -0.15) is 5.26 Å². The Balaban J connectivity index is 2.05.